The molecule has 0 unspecified atom stereocenters. The highest BCUT2D eigenvalue weighted by Crippen LogP contribution is 2.41. The van der Waals surface area contributed by atoms with Gasteiger partial charge in [0.15, 0.2) is 28.8 Å². The normalized spacial score (nSPS) is 24.3. The topological polar surface area (TPSA) is 164 Å². The standard InChI is InChI=1S/C24H28O11/c1-31-15-8-5-12(10-17(15)32-2)4-7-14(26)13-6-9-16(23(33-3)19(13)27)34-24-22(30)21(29)20(28)18(11-25)35-24/h4-10,18,20-22,24-25,27-30H,11H2,1-3H3/t18-,20-,21+,22-,24-/m1/s1. The van der Waals surface area contributed by atoms with Crippen LogP contribution in [0.5, 0.6) is 28.7 Å². The summed E-state index contributed by atoms with van der Waals surface area (Å²) in [6.45, 7) is -0.632. The number of ether oxygens (including phenoxy) is 5. The smallest absolute Gasteiger partial charge is 0.229 e. The van der Waals surface area contributed by atoms with Crippen LogP contribution < -0.4 is 18.9 Å². The molecule has 0 bridgehead atoms. The molecule has 3 rings (SSSR count). The number of hydrogen-bond acceptors (Lipinski definition) is 11. The summed E-state index contributed by atoms with van der Waals surface area (Å²) in [6, 6.07) is 7.70. The van der Waals surface area contributed by atoms with E-state index in [1.165, 1.54) is 45.6 Å². The zero-order chi connectivity index (χ0) is 25.7. The second-order valence-corrected chi connectivity index (χ2v) is 7.62. The minimum atomic E-state index is -1.66. The molecule has 0 saturated carbocycles. The Balaban J connectivity index is 1.82. The van der Waals surface area contributed by atoms with Gasteiger partial charge in [-0.1, -0.05) is 12.1 Å². The lowest BCUT2D eigenvalue weighted by atomic mass is 9.99. The van der Waals surface area contributed by atoms with E-state index in [-0.39, 0.29) is 17.1 Å². The van der Waals surface area contributed by atoms with Gasteiger partial charge in [-0.3, -0.25) is 4.79 Å². The number of carbonyl (C=O) groups excluding carboxylic acids is 1. The third-order valence-corrected chi connectivity index (χ3v) is 5.49. The highest BCUT2D eigenvalue weighted by Gasteiger charge is 2.45. The van der Waals surface area contributed by atoms with E-state index in [0.29, 0.717) is 17.1 Å². The van der Waals surface area contributed by atoms with Gasteiger partial charge in [0, 0.05) is 0 Å². The molecule has 0 aliphatic carbocycles. The molecule has 0 radical (unpaired) electrons. The molecule has 11 heteroatoms. The molecule has 5 atom stereocenters. The molecule has 1 aliphatic heterocycles. The molecule has 190 valence electrons. The van der Waals surface area contributed by atoms with Gasteiger partial charge >= 0.3 is 0 Å². The van der Waals surface area contributed by atoms with E-state index in [4.69, 9.17) is 23.7 Å². The first-order valence-corrected chi connectivity index (χ1v) is 10.6. The van der Waals surface area contributed by atoms with Gasteiger partial charge in [-0.25, -0.2) is 0 Å². The number of methoxy groups -OCH3 is 3. The van der Waals surface area contributed by atoms with E-state index in [0.717, 1.165) is 0 Å². The van der Waals surface area contributed by atoms with Gasteiger partial charge in [-0.15, -0.1) is 0 Å². The highest BCUT2D eigenvalue weighted by molar-refractivity contribution is 6.09. The number of aliphatic hydroxyl groups is 4. The molecule has 0 spiro atoms. The zero-order valence-corrected chi connectivity index (χ0v) is 19.3. The van der Waals surface area contributed by atoms with Gasteiger partial charge in [-0.2, -0.15) is 0 Å². The second kappa shape index (κ2) is 11.4. The van der Waals surface area contributed by atoms with Gasteiger partial charge in [0.1, 0.15) is 24.4 Å². The monoisotopic (exact) mass is 492 g/mol. The van der Waals surface area contributed by atoms with E-state index >= 15 is 0 Å². The summed E-state index contributed by atoms with van der Waals surface area (Å²) in [7, 11) is 4.25. The maximum atomic E-state index is 12.7. The number of ketones is 1. The van der Waals surface area contributed by atoms with Crippen molar-refractivity contribution in [2.75, 3.05) is 27.9 Å². The molecular formula is C24H28O11. The molecule has 35 heavy (non-hydrogen) atoms. The van der Waals surface area contributed by atoms with Crippen LogP contribution in [0.4, 0.5) is 0 Å². The summed E-state index contributed by atoms with van der Waals surface area (Å²) in [5, 5.41) is 50.0. The first-order valence-electron chi connectivity index (χ1n) is 10.6. The minimum Gasteiger partial charge on any atom is -0.504 e. The maximum absolute atomic E-state index is 12.7. The Morgan fingerprint density at radius 1 is 0.943 bits per heavy atom. The lowest BCUT2D eigenvalue weighted by Gasteiger charge is -2.39. The number of hydrogen-bond donors (Lipinski definition) is 5. The summed E-state index contributed by atoms with van der Waals surface area (Å²) in [5.74, 6) is -0.344. The Kier molecular flexibility index (Phi) is 8.54. The lowest BCUT2D eigenvalue weighted by molar-refractivity contribution is -0.277. The van der Waals surface area contributed by atoms with Crippen LogP contribution >= 0.6 is 0 Å². The molecule has 1 saturated heterocycles. The largest absolute Gasteiger partial charge is 0.504 e. The van der Waals surface area contributed by atoms with Gasteiger partial charge in [0.2, 0.25) is 12.0 Å². The van der Waals surface area contributed by atoms with Crippen LogP contribution in [0, 0.1) is 0 Å². The third-order valence-electron chi connectivity index (χ3n) is 5.49. The van der Waals surface area contributed by atoms with E-state index < -0.39 is 48.8 Å². The third kappa shape index (κ3) is 5.50. The fourth-order valence-electron chi connectivity index (χ4n) is 3.55. The summed E-state index contributed by atoms with van der Waals surface area (Å²) in [5.41, 5.74) is 0.574. The molecule has 0 aromatic heterocycles. The molecule has 1 aliphatic rings. The summed E-state index contributed by atoms with van der Waals surface area (Å²) < 4.78 is 26.5. The van der Waals surface area contributed by atoms with Crippen LogP contribution in [0.2, 0.25) is 0 Å². The molecule has 0 amide bonds. The van der Waals surface area contributed by atoms with Crippen molar-refractivity contribution < 1.29 is 54.0 Å². The van der Waals surface area contributed by atoms with Crippen LogP contribution in [0.3, 0.4) is 0 Å². The average molecular weight is 492 g/mol. The molecule has 5 N–H and O–H groups in total. The molecule has 2 aromatic carbocycles. The molecule has 11 nitrogen and oxygen atoms in total. The van der Waals surface area contributed by atoms with E-state index in [1.807, 2.05) is 0 Å². The quantitative estimate of drug-likeness (QED) is 0.244. The number of aliphatic hydroxyl groups excluding tert-OH is 4. The van der Waals surface area contributed by atoms with E-state index in [2.05, 4.69) is 0 Å². The number of allylic oxidation sites excluding steroid dienone is 1. The SMILES string of the molecule is COc1ccc(C=CC(=O)c2ccc(O[C@@H]3O[C@H](CO)[C@@H](O)[C@H](O)[C@H]3O)c(OC)c2O)cc1OC. The van der Waals surface area contributed by atoms with Crippen molar-refractivity contribution in [1.29, 1.82) is 0 Å². The van der Waals surface area contributed by atoms with Crippen molar-refractivity contribution in [2.24, 2.45) is 0 Å². The predicted octanol–water partition coefficient (Wildman–Crippen LogP) is 0.493. The first kappa shape index (κ1) is 26.3. The highest BCUT2D eigenvalue weighted by atomic mass is 16.7. The summed E-state index contributed by atoms with van der Waals surface area (Å²) in [6.07, 6.45) is -4.74. The number of aromatic hydroxyl groups is 1. The fraction of sp³-hybridized carbons (Fsp3) is 0.375. The number of benzene rings is 2. The molecule has 1 fully saturated rings. The molecule has 2 aromatic rings. The summed E-state index contributed by atoms with van der Waals surface area (Å²) in [4.78, 5) is 12.7. The Morgan fingerprint density at radius 2 is 1.63 bits per heavy atom. The zero-order valence-electron chi connectivity index (χ0n) is 19.3. The van der Waals surface area contributed by atoms with Crippen molar-refractivity contribution in [3.8, 4) is 28.7 Å². The van der Waals surface area contributed by atoms with Gasteiger partial charge < -0.3 is 49.2 Å². The van der Waals surface area contributed by atoms with Gasteiger partial charge in [0.25, 0.3) is 0 Å². The fourth-order valence-corrected chi connectivity index (χ4v) is 3.55. The van der Waals surface area contributed by atoms with Crippen LogP contribution in [-0.2, 0) is 4.74 Å². The van der Waals surface area contributed by atoms with Crippen LogP contribution in [0.15, 0.2) is 36.4 Å². The van der Waals surface area contributed by atoms with Crippen LogP contribution in [0.1, 0.15) is 15.9 Å². The Hall–Kier alpha value is -3.35. The molecule has 1 heterocycles. The Bertz CT molecular complexity index is 1070. The lowest BCUT2D eigenvalue weighted by Crippen LogP contribution is -2.60. The van der Waals surface area contributed by atoms with Crippen molar-refractivity contribution >= 4 is 11.9 Å². The van der Waals surface area contributed by atoms with Gasteiger partial charge in [0.05, 0.1) is 33.5 Å². The van der Waals surface area contributed by atoms with Crippen LogP contribution in [0.25, 0.3) is 6.08 Å². The molecular weight excluding hydrogens is 464 g/mol. The van der Waals surface area contributed by atoms with Crippen molar-refractivity contribution in [2.45, 2.75) is 30.7 Å². The number of phenols is 1. The van der Waals surface area contributed by atoms with Crippen molar-refractivity contribution in [3.05, 3.63) is 47.5 Å². The second-order valence-electron chi connectivity index (χ2n) is 7.62. The predicted molar refractivity (Wildman–Crippen MR) is 122 cm³/mol. The maximum Gasteiger partial charge on any atom is 0.229 e. The Morgan fingerprint density at radius 3 is 2.26 bits per heavy atom. The van der Waals surface area contributed by atoms with Crippen LogP contribution in [-0.4, -0.2) is 90.0 Å². The van der Waals surface area contributed by atoms with E-state index in [9.17, 15) is 30.3 Å². The van der Waals surface area contributed by atoms with Gasteiger partial charge in [-0.05, 0) is 35.9 Å². The van der Waals surface area contributed by atoms with Crippen molar-refractivity contribution in [3.63, 3.8) is 0 Å². The van der Waals surface area contributed by atoms with Crippen molar-refractivity contribution in [1.82, 2.24) is 0 Å². The average Bonchev–Trinajstić information content (AvgIpc) is 2.87. The number of rotatable bonds is 9. The number of carbonyl (C=O) groups is 1. The Labute approximate surface area is 201 Å². The number of phenolic OH excluding ortho intramolecular Hbond substituents is 1. The summed E-state index contributed by atoms with van der Waals surface area (Å²) >= 11 is 0. The van der Waals surface area contributed by atoms with E-state index in [1.54, 1.807) is 18.2 Å². The first-order chi connectivity index (χ1) is 16.7. The minimum absolute atomic E-state index is 0.0836.